The van der Waals surface area contributed by atoms with E-state index in [0.29, 0.717) is 13.1 Å². The van der Waals surface area contributed by atoms with Crippen LogP contribution in [0.3, 0.4) is 0 Å². The van der Waals surface area contributed by atoms with Crippen molar-refractivity contribution in [3.63, 3.8) is 0 Å². The maximum Gasteiger partial charge on any atom is 0.315 e. The summed E-state index contributed by atoms with van der Waals surface area (Å²) in [5.74, 6) is 0. The van der Waals surface area contributed by atoms with Gasteiger partial charge >= 0.3 is 6.03 Å². The predicted octanol–water partition coefficient (Wildman–Crippen LogP) is 1.66. The zero-order valence-corrected chi connectivity index (χ0v) is 13.5. The SMILES string of the molecule is O=C(NCCCCn1ccccc1=O)NC(CO)c1ccccc1. The third-order valence-corrected chi connectivity index (χ3v) is 3.70. The maximum absolute atomic E-state index is 11.9. The molecule has 0 saturated heterocycles. The number of carbonyl (C=O) groups excluding carboxylic acids is 1. The largest absolute Gasteiger partial charge is 0.394 e. The molecular weight excluding hydrogens is 306 g/mol. The number of carbonyl (C=O) groups is 1. The molecule has 3 N–H and O–H groups in total. The van der Waals surface area contributed by atoms with E-state index in [1.165, 1.54) is 6.07 Å². The van der Waals surface area contributed by atoms with Gasteiger partial charge in [0.15, 0.2) is 0 Å². The number of pyridine rings is 1. The van der Waals surface area contributed by atoms with E-state index in [2.05, 4.69) is 10.6 Å². The lowest BCUT2D eigenvalue weighted by atomic mass is 10.1. The quantitative estimate of drug-likeness (QED) is 0.644. The molecule has 1 unspecified atom stereocenters. The average molecular weight is 329 g/mol. The van der Waals surface area contributed by atoms with Gasteiger partial charge in [-0.25, -0.2) is 4.79 Å². The van der Waals surface area contributed by atoms with Crippen molar-refractivity contribution in [2.24, 2.45) is 0 Å². The molecule has 1 aromatic heterocycles. The van der Waals surface area contributed by atoms with Crippen molar-refractivity contribution in [2.75, 3.05) is 13.2 Å². The molecule has 6 nitrogen and oxygen atoms in total. The van der Waals surface area contributed by atoms with Crippen LogP contribution in [-0.2, 0) is 6.54 Å². The Kier molecular flexibility index (Phi) is 7.04. The van der Waals surface area contributed by atoms with Crippen LogP contribution in [0.5, 0.6) is 0 Å². The van der Waals surface area contributed by atoms with Crippen molar-refractivity contribution in [3.05, 3.63) is 70.6 Å². The van der Waals surface area contributed by atoms with Crippen molar-refractivity contribution in [1.29, 1.82) is 0 Å². The summed E-state index contributed by atoms with van der Waals surface area (Å²) in [5.41, 5.74) is 0.843. The van der Waals surface area contributed by atoms with Crippen LogP contribution >= 0.6 is 0 Å². The molecule has 24 heavy (non-hydrogen) atoms. The molecule has 1 aromatic carbocycles. The van der Waals surface area contributed by atoms with Crippen LogP contribution in [0, 0.1) is 0 Å². The van der Waals surface area contributed by atoms with Crippen LogP contribution < -0.4 is 16.2 Å². The summed E-state index contributed by atoms with van der Waals surface area (Å²) in [6.45, 7) is 0.987. The summed E-state index contributed by atoms with van der Waals surface area (Å²) >= 11 is 0. The van der Waals surface area contributed by atoms with Gasteiger partial charge in [-0.2, -0.15) is 0 Å². The third kappa shape index (κ3) is 5.55. The van der Waals surface area contributed by atoms with E-state index in [1.54, 1.807) is 16.8 Å². The molecule has 128 valence electrons. The number of urea groups is 1. The highest BCUT2D eigenvalue weighted by Gasteiger charge is 2.12. The summed E-state index contributed by atoms with van der Waals surface area (Å²) in [4.78, 5) is 23.4. The molecule has 6 heteroatoms. The number of nitrogens with one attached hydrogen (secondary N) is 2. The summed E-state index contributed by atoms with van der Waals surface area (Å²) in [5, 5.41) is 14.9. The molecule has 0 radical (unpaired) electrons. The minimum absolute atomic E-state index is 0.0168. The normalized spacial score (nSPS) is 11.7. The first-order valence-corrected chi connectivity index (χ1v) is 8.06. The van der Waals surface area contributed by atoms with E-state index in [-0.39, 0.29) is 18.2 Å². The average Bonchev–Trinajstić information content (AvgIpc) is 2.61. The number of nitrogens with zero attached hydrogens (tertiary/aromatic N) is 1. The van der Waals surface area contributed by atoms with Crippen LogP contribution in [0.15, 0.2) is 59.5 Å². The topological polar surface area (TPSA) is 83.4 Å². The molecule has 2 amide bonds. The molecular formula is C18H23N3O3. The monoisotopic (exact) mass is 329 g/mol. The zero-order chi connectivity index (χ0) is 17.2. The van der Waals surface area contributed by atoms with E-state index in [4.69, 9.17) is 0 Å². The Hall–Kier alpha value is -2.60. The number of hydrogen-bond donors (Lipinski definition) is 3. The van der Waals surface area contributed by atoms with Gasteiger partial charge in [-0.15, -0.1) is 0 Å². The summed E-state index contributed by atoms with van der Waals surface area (Å²) in [6.07, 6.45) is 3.32. The van der Waals surface area contributed by atoms with E-state index in [1.807, 2.05) is 36.4 Å². The first kappa shape index (κ1) is 17.7. The summed E-state index contributed by atoms with van der Waals surface area (Å²) in [7, 11) is 0. The van der Waals surface area contributed by atoms with Gasteiger partial charge in [0.1, 0.15) is 0 Å². The van der Waals surface area contributed by atoms with E-state index < -0.39 is 6.04 Å². The lowest BCUT2D eigenvalue weighted by Crippen LogP contribution is -2.39. The lowest BCUT2D eigenvalue weighted by Gasteiger charge is -2.17. The summed E-state index contributed by atoms with van der Waals surface area (Å²) < 4.78 is 1.65. The standard InChI is InChI=1S/C18H23N3O3/c22-14-16(15-8-2-1-3-9-15)20-18(24)19-11-5-7-13-21-12-6-4-10-17(21)23/h1-4,6,8-10,12,16,22H,5,7,11,13-14H2,(H2,19,20,24). The van der Waals surface area contributed by atoms with Gasteiger partial charge in [0, 0.05) is 25.4 Å². The molecule has 2 rings (SSSR count). The van der Waals surface area contributed by atoms with Crippen molar-refractivity contribution < 1.29 is 9.90 Å². The van der Waals surface area contributed by atoms with Gasteiger partial charge < -0.3 is 20.3 Å². The first-order valence-electron chi connectivity index (χ1n) is 8.06. The number of aromatic nitrogens is 1. The lowest BCUT2D eigenvalue weighted by molar-refractivity contribution is 0.217. The Labute approximate surface area is 141 Å². The number of benzene rings is 1. The van der Waals surface area contributed by atoms with Crippen molar-refractivity contribution in [3.8, 4) is 0 Å². The van der Waals surface area contributed by atoms with Crippen LogP contribution in [0.1, 0.15) is 24.4 Å². The summed E-state index contributed by atoms with van der Waals surface area (Å²) in [6, 6.07) is 13.7. The Morgan fingerprint density at radius 2 is 1.83 bits per heavy atom. The van der Waals surface area contributed by atoms with Crippen LogP contribution in [-0.4, -0.2) is 28.9 Å². The fourth-order valence-electron chi connectivity index (χ4n) is 2.38. The second kappa shape index (κ2) is 9.52. The van der Waals surface area contributed by atoms with E-state index in [0.717, 1.165) is 18.4 Å². The highest BCUT2D eigenvalue weighted by Crippen LogP contribution is 2.11. The number of unbranched alkanes of at least 4 members (excludes halogenated alkanes) is 1. The van der Waals surface area contributed by atoms with Gasteiger partial charge in [-0.1, -0.05) is 36.4 Å². The van der Waals surface area contributed by atoms with Gasteiger partial charge in [0.25, 0.3) is 0 Å². The number of aliphatic hydroxyl groups excluding tert-OH is 1. The Morgan fingerprint density at radius 3 is 2.54 bits per heavy atom. The molecule has 1 atom stereocenters. The number of aryl methyl sites for hydroxylation is 1. The highest BCUT2D eigenvalue weighted by atomic mass is 16.3. The molecule has 0 fully saturated rings. The minimum Gasteiger partial charge on any atom is -0.394 e. The molecule has 0 aliphatic carbocycles. The minimum atomic E-state index is -0.422. The van der Waals surface area contributed by atoms with Crippen LogP contribution in [0.2, 0.25) is 0 Å². The molecule has 0 spiro atoms. The Bertz CT molecular complexity index is 685. The molecule has 0 aliphatic heterocycles. The number of aliphatic hydroxyl groups is 1. The second-order valence-electron chi connectivity index (χ2n) is 5.49. The van der Waals surface area contributed by atoms with Gasteiger partial charge in [0.05, 0.1) is 12.6 Å². The van der Waals surface area contributed by atoms with E-state index in [9.17, 15) is 14.7 Å². The van der Waals surface area contributed by atoms with Crippen LogP contribution in [0.4, 0.5) is 4.79 Å². The molecule has 0 saturated carbocycles. The smallest absolute Gasteiger partial charge is 0.315 e. The Balaban J connectivity index is 1.68. The predicted molar refractivity (Wildman–Crippen MR) is 92.7 cm³/mol. The van der Waals surface area contributed by atoms with Gasteiger partial charge in [0.2, 0.25) is 5.56 Å². The number of rotatable bonds is 8. The van der Waals surface area contributed by atoms with Gasteiger partial charge in [-0.05, 0) is 24.5 Å². The highest BCUT2D eigenvalue weighted by molar-refractivity contribution is 5.74. The molecule has 0 aliphatic rings. The van der Waals surface area contributed by atoms with Gasteiger partial charge in [-0.3, -0.25) is 4.79 Å². The fourth-order valence-corrected chi connectivity index (χ4v) is 2.38. The maximum atomic E-state index is 11.9. The first-order chi connectivity index (χ1) is 11.7. The van der Waals surface area contributed by atoms with Crippen molar-refractivity contribution in [1.82, 2.24) is 15.2 Å². The second-order valence-corrected chi connectivity index (χ2v) is 5.49. The number of hydrogen-bond acceptors (Lipinski definition) is 3. The van der Waals surface area contributed by atoms with E-state index >= 15 is 0 Å². The Morgan fingerprint density at radius 1 is 1.08 bits per heavy atom. The van der Waals surface area contributed by atoms with Crippen LogP contribution in [0.25, 0.3) is 0 Å². The molecule has 1 heterocycles. The third-order valence-electron chi connectivity index (χ3n) is 3.70. The zero-order valence-electron chi connectivity index (χ0n) is 13.5. The molecule has 2 aromatic rings. The number of amides is 2. The fraction of sp³-hybridized carbons (Fsp3) is 0.333. The molecule has 0 bridgehead atoms. The van der Waals surface area contributed by atoms with Crippen molar-refractivity contribution in [2.45, 2.75) is 25.4 Å². The van der Waals surface area contributed by atoms with Crippen molar-refractivity contribution >= 4 is 6.03 Å².